The first-order valence-electron chi connectivity index (χ1n) is 44.5. The van der Waals surface area contributed by atoms with E-state index in [9.17, 15) is 43.2 Å². The van der Waals surface area contributed by atoms with Gasteiger partial charge in [-0.1, -0.05) is 408 Å². The van der Waals surface area contributed by atoms with Crippen LogP contribution in [0.3, 0.4) is 0 Å². The van der Waals surface area contributed by atoms with Gasteiger partial charge in [0.2, 0.25) is 0 Å². The number of carbonyl (C=O) groups excluding carboxylic acids is 4. The molecule has 6 atom stereocenters. The SMILES string of the molecule is CCCCCCCCCCCCCCCCCCCCCCCCC(=O)OC[C@H](COP(=O)(O)OC[C@@H](O)COP(=O)(O)OC[C@@H](COC(=O)CCCCCCCCCC)OC(=O)CCCCCCCCCCCCC(C)C)OC(=O)CCCCCCCCCCCCCCCCCCCCC(C)CC. The molecule has 0 saturated heterocycles. The van der Waals surface area contributed by atoms with E-state index in [2.05, 4.69) is 41.5 Å². The highest BCUT2D eigenvalue weighted by Gasteiger charge is 2.30. The van der Waals surface area contributed by atoms with Crippen LogP contribution >= 0.6 is 15.6 Å². The normalized spacial score (nSPS) is 14.1. The molecule has 624 valence electrons. The Bertz CT molecular complexity index is 2010. The molecule has 0 saturated carbocycles. The first-order chi connectivity index (χ1) is 50.9. The summed E-state index contributed by atoms with van der Waals surface area (Å²) in [6.07, 6.45) is 69.7. The molecule has 0 bridgehead atoms. The van der Waals surface area contributed by atoms with Crippen molar-refractivity contribution < 1.29 is 80.2 Å². The number of hydrogen-bond acceptors (Lipinski definition) is 15. The van der Waals surface area contributed by atoms with E-state index in [1.54, 1.807) is 0 Å². The fraction of sp³-hybridized carbons (Fsp3) is 0.953. The average Bonchev–Trinajstić information content (AvgIpc) is 0.907. The number of unbranched alkanes of at least 4 members (excludes halogenated alkanes) is 54. The molecular weight excluding hydrogens is 1370 g/mol. The first-order valence-corrected chi connectivity index (χ1v) is 47.5. The van der Waals surface area contributed by atoms with Crippen molar-refractivity contribution in [3.63, 3.8) is 0 Å². The zero-order valence-corrected chi connectivity index (χ0v) is 70.8. The second-order valence-corrected chi connectivity index (χ2v) is 34.6. The predicted octanol–water partition coefficient (Wildman–Crippen LogP) is 26.2. The number of phosphoric acid groups is 2. The summed E-state index contributed by atoms with van der Waals surface area (Å²) in [5.74, 6) is -0.484. The van der Waals surface area contributed by atoms with E-state index in [-0.39, 0.29) is 25.7 Å². The number of rotatable bonds is 85. The van der Waals surface area contributed by atoms with Gasteiger partial charge in [-0.3, -0.25) is 37.3 Å². The van der Waals surface area contributed by atoms with Crippen LogP contribution in [0.25, 0.3) is 0 Å². The third-order valence-corrected chi connectivity index (χ3v) is 22.5. The van der Waals surface area contributed by atoms with Gasteiger partial charge in [-0.25, -0.2) is 9.13 Å². The van der Waals surface area contributed by atoms with E-state index in [0.717, 1.165) is 108 Å². The Kier molecular flexibility index (Phi) is 76.0. The van der Waals surface area contributed by atoms with E-state index in [1.807, 2.05) is 0 Å². The number of phosphoric ester groups is 2. The van der Waals surface area contributed by atoms with Crippen LogP contribution < -0.4 is 0 Å². The summed E-state index contributed by atoms with van der Waals surface area (Å²) in [5.41, 5.74) is 0. The van der Waals surface area contributed by atoms with Crippen LogP contribution in [0.5, 0.6) is 0 Å². The van der Waals surface area contributed by atoms with Gasteiger partial charge in [-0.05, 0) is 37.5 Å². The highest BCUT2D eigenvalue weighted by atomic mass is 31.2. The molecule has 0 aromatic carbocycles. The monoisotopic (exact) mass is 1540 g/mol. The summed E-state index contributed by atoms with van der Waals surface area (Å²) in [6.45, 7) is 9.68. The minimum Gasteiger partial charge on any atom is -0.462 e. The molecule has 0 heterocycles. The minimum absolute atomic E-state index is 0.106. The van der Waals surface area contributed by atoms with Gasteiger partial charge in [0, 0.05) is 25.7 Å². The Morgan fingerprint density at radius 1 is 0.276 bits per heavy atom. The molecule has 0 aliphatic rings. The fourth-order valence-corrected chi connectivity index (χ4v) is 15.0. The van der Waals surface area contributed by atoms with Crippen LogP contribution in [-0.4, -0.2) is 96.7 Å². The number of hydrogen-bond donors (Lipinski definition) is 3. The van der Waals surface area contributed by atoms with Gasteiger partial charge in [0.05, 0.1) is 26.4 Å². The Balaban J connectivity index is 5.16. The Morgan fingerprint density at radius 2 is 0.486 bits per heavy atom. The van der Waals surface area contributed by atoms with Crippen LogP contribution in [0.1, 0.15) is 459 Å². The lowest BCUT2D eigenvalue weighted by atomic mass is 9.99. The van der Waals surface area contributed by atoms with Crippen molar-refractivity contribution in [2.75, 3.05) is 39.6 Å². The molecule has 0 fully saturated rings. The summed E-state index contributed by atoms with van der Waals surface area (Å²) in [6, 6.07) is 0. The molecule has 0 aromatic rings. The molecule has 0 aliphatic carbocycles. The van der Waals surface area contributed by atoms with Gasteiger partial charge < -0.3 is 33.8 Å². The molecule has 17 nitrogen and oxygen atoms in total. The molecule has 0 rings (SSSR count). The van der Waals surface area contributed by atoms with Crippen molar-refractivity contribution in [2.45, 2.75) is 477 Å². The van der Waals surface area contributed by atoms with Gasteiger partial charge in [0.15, 0.2) is 12.2 Å². The largest absolute Gasteiger partial charge is 0.472 e. The molecule has 0 aromatic heterocycles. The number of aliphatic hydroxyl groups is 1. The molecular formula is C86H168O17P2. The van der Waals surface area contributed by atoms with E-state index < -0.39 is 97.5 Å². The van der Waals surface area contributed by atoms with Crippen LogP contribution in [0, 0.1) is 11.8 Å². The van der Waals surface area contributed by atoms with Crippen molar-refractivity contribution in [1.29, 1.82) is 0 Å². The topological polar surface area (TPSA) is 237 Å². The predicted molar refractivity (Wildman–Crippen MR) is 432 cm³/mol. The van der Waals surface area contributed by atoms with E-state index in [0.29, 0.717) is 25.7 Å². The van der Waals surface area contributed by atoms with Crippen molar-refractivity contribution >= 4 is 39.5 Å². The molecule has 0 radical (unpaired) electrons. The highest BCUT2D eigenvalue weighted by molar-refractivity contribution is 7.47. The lowest BCUT2D eigenvalue weighted by molar-refractivity contribution is -0.161. The molecule has 105 heavy (non-hydrogen) atoms. The van der Waals surface area contributed by atoms with Crippen LogP contribution in [-0.2, 0) is 65.4 Å². The lowest BCUT2D eigenvalue weighted by Gasteiger charge is -2.21. The van der Waals surface area contributed by atoms with Gasteiger partial charge in [-0.2, -0.15) is 0 Å². The standard InChI is InChI=1S/C86H168O17P2/c1-7-10-12-14-16-18-19-20-21-22-23-24-25-26-30-33-36-39-45-51-57-63-69-84(89)97-75-82(103-85(90)70-64-58-52-46-40-37-34-31-28-27-29-32-35-38-44-49-55-61-67-79(6)9-3)77-101-105(94,95)99-73-80(87)72-98-104(92,93)100-76-81(74-96-83(88)68-62-56-50-17-15-13-11-8-2)102-86(91)71-65-59-53-47-42-41-43-48-54-60-66-78(4)5/h78-82,87H,7-77H2,1-6H3,(H,92,93)(H,94,95)/t79?,80-,81+,82+/m0/s1. The van der Waals surface area contributed by atoms with Gasteiger partial charge in [0.1, 0.15) is 19.3 Å². The third kappa shape index (κ3) is 78.5. The average molecular weight is 1540 g/mol. The maximum atomic E-state index is 13.1. The Morgan fingerprint density at radius 3 is 0.724 bits per heavy atom. The summed E-state index contributed by atoms with van der Waals surface area (Å²) in [7, 11) is -9.92. The molecule has 3 unspecified atom stereocenters. The first kappa shape index (κ1) is 103. The van der Waals surface area contributed by atoms with Crippen LogP contribution in [0.15, 0.2) is 0 Å². The van der Waals surface area contributed by atoms with Crippen molar-refractivity contribution in [1.82, 2.24) is 0 Å². The van der Waals surface area contributed by atoms with Crippen molar-refractivity contribution in [3.05, 3.63) is 0 Å². The second-order valence-electron chi connectivity index (χ2n) is 31.6. The summed E-state index contributed by atoms with van der Waals surface area (Å²) < 4.78 is 68.8. The molecule has 0 spiro atoms. The number of aliphatic hydroxyl groups excluding tert-OH is 1. The third-order valence-electron chi connectivity index (χ3n) is 20.6. The Labute approximate surface area is 645 Å². The number of esters is 4. The maximum absolute atomic E-state index is 13.1. The summed E-state index contributed by atoms with van der Waals surface area (Å²) in [4.78, 5) is 73.1. The maximum Gasteiger partial charge on any atom is 0.472 e. The van der Waals surface area contributed by atoms with Crippen molar-refractivity contribution in [3.8, 4) is 0 Å². The summed E-state index contributed by atoms with van der Waals surface area (Å²) >= 11 is 0. The molecule has 0 amide bonds. The van der Waals surface area contributed by atoms with Gasteiger partial charge in [-0.15, -0.1) is 0 Å². The highest BCUT2D eigenvalue weighted by Crippen LogP contribution is 2.45. The molecule has 0 aliphatic heterocycles. The minimum atomic E-state index is -4.96. The van der Waals surface area contributed by atoms with E-state index >= 15 is 0 Å². The van der Waals surface area contributed by atoms with Crippen LogP contribution in [0.2, 0.25) is 0 Å². The van der Waals surface area contributed by atoms with E-state index in [1.165, 1.54) is 270 Å². The second kappa shape index (κ2) is 77.4. The quantitative estimate of drug-likeness (QED) is 0.0222. The zero-order valence-electron chi connectivity index (χ0n) is 69.0. The number of ether oxygens (including phenoxy) is 4. The van der Waals surface area contributed by atoms with E-state index in [4.69, 9.17) is 37.0 Å². The van der Waals surface area contributed by atoms with Crippen molar-refractivity contribution in [2.24, 2.45) is 11.8 Å². The fourth-order valence-electron chi connectivity index (χ4n) is 13.4. The Hall–Kier alpha value is -1.94. The van der Waals surface area contributed by atoms with Gasteiger partial charge in [0.25, 0.3) is 0 Å². The summed E-state index contributed by atoms with van der Waals surface area (Å²) in [5, 5.41) is 10.7. The lowest BCUT2D eigenvalue weighted by Crippen LogP contribution is -2.30. The zero-order chi connectivity index (χ0) is 77.1. The number of carbonyl (C=O) groups is 4. The molecule has 3 N–H and O–H groups in total. The van der Waals surface area contributed by atoms with Gasteiger partial charge >= 0.3 is 39.5 Å². The smallest absolute Gasteiger partial charge is 0.462 e. The van der Waals surface area contributed by atoms with Crippen LogP contribution in [0.4, 0.5) is 0 Å². The molecule has 19 heteroatoms.